The van der Waals surface area contributed by atoms with E-state index >= 15 is 0 Å². The van der Waals surface area contributed by atoms with Crippen molar-refractivity contribution in [2.45, 2.75) is 30.6 Å². The number of hydrogen-bond acceptors (Lipinski definition) is 5. The minimum absolute atomic E-state index is 0.0417. The number of hydrogen-bond donors (Lipinski definition) is 1. The Morgan fingerprint density at radius 1 is 1.06 bits per heavy atom. The third-order valence-corrected chi connectivity index (χ3v) is 7.78. The summed E-state index contributed by atoms with van der Waals surface area (Å²) < 4.78 is 33.3. The van der Waals surface area contributed by atoms with Crippen LogP contribution in [0, 0.1) is 0 Å². The van der Waals surface area contributed by atoms with Crippen LogP contribution in [0.25, 0.3) is 22.2 Å². The lowest BCUT2D eigenvalue weighted by Gasteiger charge is -2.20. The van der Waals surface area contributed by atoms with E-state index in [0.29, 0.717) is 40.6 Å². The standard InChI is InChI=1S/C23H23ClN2O5S/c1-31-22-9-6-15(24)12-19(22)21-14-18(23(27)28)17-13-16(7-8-20(17)25-21)32(29,30)26-10-4-2-3-5-11-26/h6-9,12-14H,2-5,10-11H2,1H3,(H,27,28). The van der Waals surface area contributed by atoms with Crippen LogP contribution in [-0.4, -0.2) is 49.0 Å². The summed E-state index contributed by atoms with van der Waals surface area (Å²) in [5.41, 5.74) is 1.25. The zero-order valence-electron chi connectivity index (χ0n) is 17.5. The zero-order chi connectivity index (χ0) is 22.9. The van der Waals surface area contributed by atoms with Gasteiger partial charge in [-0.25, -0.2) is 18.2 Å². The summed E-state index contributed by atoms with van der Waals surface area (Å²) >= 11 is 6.13. The molecule has 0 amide bonds. The average molecular weight is 475 g/mol. The molecule has 1 aromatic heterocycles. The Labute approximate surface area is 191 Å². The Kier molecular flexibility index (Phi) is 6.37. The van der Waals surface area contributed by atoms with Gasteiger partial charge in [0.1, 0.15) is 5.75 Å². The number of carboxylic acid groups (broad SMARTS) is 1. The van der Waals surface area contributed by atoms with Crippen molar-refractivity contribution in [3.8, 4) is 17.0 Å². The lowest BCUT2D eigenvalue weighted by molar-refractivity contribution is 0.0699. The van der Waals surface area contributed by atoms with E-state index < -0.39 is 16.0 Å². The second-order valence-electron chi connectivity index (χ2n) is 7.70. The van der Waals surface area contributed by atoms with E-state index in [4.69, 9.17) is 16.3 Å². The van der Waals surface area contributed by atoms with Gasteiger partial charge in [0, 0.05) is 29.1 Å². The van der Waals surface area contributed by atoms with Gasteiger partial charge in [0.25, 0.3) is 0 Å². The molecule has 0 radical (unpaired) electrons. The molecule has 1 fully saturated rings. The van der Waals surface area contributed by atoms with Gasteiger partial charge in [0.05, 0.1) is 28.8 Å². The number of ether oxygens (including phenoxy) is 1. The van der Waals surface area contributed by atoms with Gasteiger partial charge in [-0.2, -0.15) is 4.31 Å². The summed E-state index contributed by atoms with van der Waals surface area (Å²) in [6.45, 7) is 0.940. The molecule has 1 aliphatic rings. The molecule has 32 heavy (non-hydrogen) atoms. The molecule has 1 aliphatic heterocycles. The minimum atomic E-state index is -3.72. The van der Waals surface area contributed by atoms with Crippen LogP contribution in [0.4, 0.5) is 0 Å². The molecule has 168 valence electrons. The summed E-state index contributed by atoms with van der Waals surface area (Å²) in [7, 11) is -2.22. The smallest absolute Gasteiger partial charge is 0.336 e. The number of nitrogens with zero attached hydrogens (tertiary/aromatic N) is 2. The van der Waals surface area contributed by atoms with E-state index in [2.05, 4.69) is 4.98 Å². The molecule has 1 saturated heterocycles. The molecule has 0 spiro atoms. The summed E-state index contributed by atoms with van der Waals surface area (Å²) in [4.78, 5) is 16.7. The quantitative estimate of drug-likeness (QED) is 0.569. The highest BCUT2D eigenvalue weighted by Gasteiger charge is 2.26. The van der Waals surface area contributed by atoms with E-state index in [1.807, 2.05) is 0 Å². The van der Waals surface area contributed by atoms with Crippen LogP contribution in [0.2, 0.25) is 5.02 Å². The number of aromatic nitrogens is 1. The number of methoxy groups -OCH3 is 1. The van der Waals surface area contributed by atoms with Gasteiger partial charge in [0.15, 0.2) is 0 Å². The van der Waals surface area contributed by atoms with Crippen molar-refractivity contribution in [2.75, 3.05) is 20.2 Å². The third-order valence-electron chi connectivity index (χ3n) is 5.65. The van der Waals surface area contributed by atoms with E-state index in [0.717, 1.165) is 25.7 Å². The average Bonchev–Trinajstić information content (AvgIpc) is 3.08. The van der Waals surface area contributed by atoms with Gasteiger partial charge in [-0.3, -0.25) is 0 Å². The molecular formula is C23H23ClN2O5S. The molecule has 2 heterocycles. The van der Waals surface area contributed by atoms with Crippen LogP contribution in [0.5, 0.6) is 5.75 Å². The number of halogens is 1. The first kappa shape index (κ1) is 22.5. The molecule has 0 aliphatic carbocycles. The number of rotatable bonds is 5. The largest absolute Gasteiger partial charge is 0.496 e. The number of sulfonamides is 1. The number of carboxylic acids is 1. The number of aromatic carboxylic acids is 1. The SMILES string of the molecule is COc1ccc(Cl)cc1-c1cc(C(=O)O)c2cc(S(=O)(=O)N3CCCCCC3)ccc2n1. The first-order valence-corrected chi connectivity index (χ1v) is 12.2. The molecule has 0 saturated carbocycles. The lowest BCUT2D eigenvalue weighted by atomic mass is 10.0. The van der Waals surface area contributed by atoms with Crippen molar-refractivity contribution < 1.29 is 23.1 Å². The van der Waals surface area contributed by atoms with Crippen molar-refractivity contribution in [2.24, 2.45) is 0 Å². The van der Waals surface area contributed by atoms with Crippen molar-refractivity contribution in [3.05, 3.63) is 53.1 Å². The first-order valence-electron chi connectivity index (χ1n) is 10.3. The number of fused-ring (bicyclic) bond motifs is 1. The molecule has 2 aromatic carbocycles. The molecule has 9 heteroatoms. The molecule has 1 N–H and O–H groups in total. The Hall–Kier alpha value is -2.68. The van der Waals surface area contributed by atoms with E-state index in [-0.39, 0.29) is 15.8 Å². The van der Waals surface area contributed by atoms with E-state index in [1.54, 1.807) is 24.3 Å². The van der Waals surface area contributed by atoms with Crippen LogP contribution >= 0.6 is 11.6 Å². The van der Waals surface area contributed by atoms with Crippen molar-refractivity contribution in [3.63, 3.8) is 0 Å². The van der Waals surface area contributed by atoms with Gasteiger partial charge in [-0.1, -0.05) is 24.4 Å². The zero-order valence-corrected chi connectivity index (χ0v) is 19.1. The number of carbonyl (C=O) groups is 1. The lowest BCUT2D eigenvalue weighted by Crippen LogP contribution is -2.31. The van der Waals surface area contributed by atoms with Crippen LogP contribution in [0.3, 0.4) is 0 Å². The van der Waals surface area contributed by atoms with Crippen molar-refractivity contribution in [1.29, 1.82) is 0 Å². The predicted molar refractivity (Wildman–Crippen MR) is 123 cm³/mol. The Morgan fingerprint density at radius 2 is 1.78 bits per heavy atom. The van der Waals surface area contributed by atoms with Gasteiger partial charge in [-0.05, 0) is 55.3 Å². The van der Waals surface area contributed by atoms with Crippen LogP contribution in [-0.2, 0) is 10.0 Å². The first-order chi connectivity index (χ1) is 15.3. The highest BCUT2D eigenvalue weighted by Crippen LogP contribution is 2.34. The van der Waals surface area contributed by atoms with Crippen LogP contribution in [0.1, 0.15) is 36.0 Å². The van der Waals surface area contributed by atoms with Crippen molar-refractivity contribution >= 4 is 38.5 Å². The second kappa shape index (κ2) is 9.05. The second-order valence-corrected chi connectivity index (χ2v) is 10.1. The topological polar surface area (TPSA) is 96.8 Å². The van der Waals surface area contributed by atoms with E-state index in [1.165, 1.54) is 29.6 Å². The van der Waals surface area contributed by atoms with Crippen LogP contribution in [0.15, 0.2) is 47.4 Å². The number of benzene rings is 2. The molecule has 4 rings (SSSR count). The Balaban J connectivity index is 1.86. The molecule has 0 atom stereocenters. The monoisotopic (exact) mass is 474 g/mol. The van der Waals surface area contributed by atoms with Crippen molar-refractivity contribution in [1.82, 2.24) is 9.29 Å². The summed E-state index contributed by atoms with van der Waals surface area (Å²) in [5, 5.41) is 10.6. The maximum absolute atomic E-state index is 13.2. The van der Waals surface area contributed by atoms with Crippen LogP contribution < -0.4 is 4.74 Å². The van der Waals surface area contributed by atoms with Gasteiger partial charge < -0.3 is 9.84 Å². The molecule has 0 unspecified atom stereocenters. The summed E-state index contributed by atoms with van der Waals surface area (Å²) in [6.07, 6.45) is 3.65. The fourth-order valence-electron chi connectivity index (χ4n) is 3.99. The van der Waals surface area contributed by atoms with Gasteiger partial charge >= 0.3 is 5.97 Å². The Bertz CT molecular complexity index is 1290. The van der Waals surface area contributed by atoms with Gasteiger partial charge in [0.2, 0.25) is 10.0 Å². The molecule has 3 aromatic rings. The molecule has 0 bridgehead atoms. The highest BCUT2D eigenvalue weighted by atomic mass is 35.5. The normalized spacial score (nSPS) is 15.4. The molecule has 7 nitrogen and oxygen atoms in total. The third kappa shape index (κ3) is 4.30. The molecular weight excluding hydrogens is 452 g/mol. The number of pyridine rings is 1. The van der Waals surface area contributed by atoms with E-state index in [9.17, 15) is 18.3 Å². The predicted octanol–water partition coefficient (Wildman–Crippen LogP) is 4.83. The maximum atomic E-state index is 13.2. The fraction of sp³-hybridized carbons (Fsp3) is 0.304. The summed E-state index contributed by atoms with van der Waals surface area (Å²) in [5.74, 6) is -0.679. The minimum Gasteiger partial charge on any atom is -0.496 e. The Morgan fingerprint density at radius 3 is 2.44 bits per heavy atom. The highest BCUT2D eigenvalue weighted by molar-refractivity contribution is 7.89. The summed E-state index contributed by atoms with van der Waals surface area (Å²) in [6, 6.07) is 10.9. The van der Waals surface area contributed by atoms with Gasteiger partial charge in [-0.15, -0.1) is 0 Å². The fourth-order valence-corrected chi connectivity index (χ4v) is 5.71. The maximum Gasteiger partial charge on any atom is 0.336 e.